The van der Waals surface area contributed by atoms with Crippen LogP contribution in [0.1, 0.15) is 52.9 Å². The molecule has 0 N–H and O–H groups in total. The third kappa shape index (κ3) is 12.8. The zero-order valence-electron chi connectivity index (χ0n) is 26.0. The molecule has 0 bridgehead atoms. The summed E-state index contributed by atoms with van der Waals surface area (Å²) >= 11 is 0. The van der Waals surface area contributed by atoms with Gasteiger partial charge in [0.2, 0.25) is 0 Å². The van der Waals surface area contributed by atoms with Gasteiger partial charge in [-0.05, 0) is 71.9 Å². The summed E-state index contributed by atoms with van der Waals surface area (Å²) in [5, 5.41) is 0. The van der Waals surface area contributed by atoms with Crippen LogP contribution >= 0.6 is 0 Å². The zero-order chi connectivity index (χ0) is 32.1. The van der Waals surface area contributed by atoms with Crippen LogP contribution in [0.5, 0.6) is 0 Å². The molecule has 12 heteroatoms. The number of carbonyl (C=O) groups excluding carboxylic acids is 4. The summed E-state index contributed by atoms with van der Waals surface area (Å²) in [6.07, 6.45) is 3.74. The van der Waals surface area contributed by atoms with Crippen molar-refractivity contribution in [3.63, 3.8) is 0 Å². The molecule has 0 aromatic carbocycles. The Bertz CT molecular complexity index is 1210. The molecule has 1 atom stereocenters. The second-order valence-corrected chi connectivity index (χ2v) is 11.0. The smallest absolute Gasteiger partial charge is 0.414 e. The number of aromatic nitrogens is 2. The van der Waals surface area contributed by atoms with Crippen molar-refractivity contribution >= 4 is 30.2 Å². The lowest BCUT2D eigenvalue weighted by Crippen LogP contribution is -2.46. The standard InChI is InChI=1S/C15H22N2O4.C15H20N2O4/c2*1-15(2,3)21-14(19)17(4)12(13(18)20-5)10-11-8-6-7-9-16-11/h6-9,12H,10H2,1-5H3;6-10H,1-5H3. The van der Waals surface area contributed by atoms with Gasteiger partial charge in [-0.15, -0.1) is 0 Å². The molecule has 2 rings (SSSR count). The zero-order valence-corrected chi connectivity index (χ0v) is 26.0. The minimum Gasteiger partial charge on any atom is -0.467 e. The number of likely N-dealkylation sites (N-methyl/N-ethyl adjacent to an activating group) is 2. The summed E-state index contributed by atoms with van der Waals surface area (Å²) < 4.78 is 20.0. The highest BCUT2D eigenvalue weighted by molar-refractivity contribution is 5.96. The average Bonchev–Trinajstić information content (AvgIpc) is 2.92. The number of pyridine rings is 2. The molecule has 0 saturated carbocycles. The lowest BCUT2D eigenvalue weighted by Gasteiger charge is -2.29. The van der Waals surface area contributed by atoms with Crippen molar-refractivity contribution in [3.05, 3.63) is 65.9 Å². The normalized spacial score (nSPS) is 12.1. The SMILES string of the molecule is COC(=O)C(=Cc1ccccn1)N(C)C(=O)OC(C)(C)C.COC(=O)C(Cc1ccccn1)N(C)C(=O)OC(C)(C)C. The molecule has 0 aliphatic heterocycles. The van der Waals surface area contributed by atoms with E-state index in [1.165, 1.54) is 39.3 Å². The fourth-order valence-corrected chi connectivity index (χ4v) is 3.12. The van der Waals surface area contributed by atoms with Crippen molar-refractivity contribution in [3.8, 4) is 0 Å². The summed E-state index contributed by atoms with van der Waals surface area (Å²) in [6.45, 7) is 10.6. The number of amides is 2. The molecule has 0 fully saturated rings. The van der Waals surface area contributed by atoms with Crippen molar-refractivity contribution in [2.75, 3.05) is 28.3 Å². The third-order valence-corrected chi connectivity index (χ3v) is 5.15. The van der Waals surface area contributed by atoms with Crippen molar-refractivity contribution in [1.29, 1.82) is 0 Å². The van der Waals surface area contributed by atoms with Gasteiger partial charge in [-0.3, -0.25) is 19.8 Å². The van der Waals surface area contributed by atoms with Crippen LogP contribution < -0.4 is 0 Å². The Hall–Kier alpha value is -4.48. The maximum atomic E-state index is 12.1. The van der Waals surface area contributed by atoms with E-state index in [1.54, 1.807) is 84.3 Å². The highest BCUT2D eigenvalue weighted by Crippen LogP contribution is 2.16. The summed E-state index contributed by atoms with van der Waals surface area (Å²) in [7, 11) is 5.49. The quantitative estimate of drug-likeness (QED) is 0.259. The Kier molecular flexibility index (Phi) is 13.6. The van der Waals surface area contributed by atoms with Crippen molar-refractivity contribution in [1.82, 2.24) is 19.8 Å². The first kappa shape index (κ1) is 35.5. The van der Waals surface area contributed by atoms with Gasteiger partial charge in [0.1, 0.15) is 22.9 Å². The van der Waals surface area contributed by atoms with Crippen LogP contribution in [0.2, 0.25) is 0 Å². The van der Waals surface area contributed by atoms with Gasteiger partial charge < -0.3 is 18.9 Å². The molecule has 0 saturated heterocycles. The molecule has 42 heavy (non-hydrogen) atoms. The highest BCUT2D eigenvalue weighted by Gasteiger charge is 2.31. The van der Waals surface area contributed by atoms with Crippen LogP contribution in [0.4, 0.5) is 9.59 Å². The topological polar surface area (TPSA) is 137 Å². The van der Waals surface area contributed by atoms with Gasteiger partial charge in [0.25, 0.3) is 0 Å². The summed E-state index contributed by atoms with van der Waals surface area (Å²) in [6, 6.07) is 9.87. The van der Waals surface area contributed by atoms with Crippen LogP contribution in [-0.4, -0.2) is 89.5 Å². The Morgan fingerprint density at radius 2 is 1.36 bits per heavy atom. The average molecular weight is 587 g/mol. The Morgan fingerprint density at radius 3 is 1.81 bits per heavy atom. The number of carbonyl (C=O) groups is 4. The predicted molar refractivity (Wildman–Crippen MR) is 156 cm³/mol. The molecular formula is C30H42N4O8. The molecular weight excluding hydrogens is 544 g/mol. The Labute approximate surface area is 247 Å². The van der Waals surface area contributed by atoms with Gasteiger partial charge in [-0.1, -0.05) is 12.1 Å². The number of nitrogens with zero attached hydrogens (tertiary/aromatic N) is 4. The monoisotopic (exact) mass is 586 g/mol. The van der Waals surface area contributed by atoms with Gasteiger partial charge in [0.05, 0.1) is 19.9 Å². The van der Waals surface area contributed by atoms with Gasteiger partial charge in [-0.2, -0.15) is 0 Å². The van der Waals surface area contributed by atoms with Crippen LogP contribution in [0.3, 0.4) is 0 Å². The summed E-state index contributed by atoms with van der Waals surface area (Å²) in [5.74, 6) is -1.15. The lowest BCUT2D eigenvalue weighted by atomic mass is 10.1. The predicted octanol–water partition coefficient (Wildman–Crippen LogP) is 4.50. The molecule has 2 aromatic rings. The fraction of sp³-hybridized carbons (Fsp3) is 0.467. The highest BCUT2D eigenvalue weighted by atomic mass is 16.6. The molecule has 2 heterocycles. The molecule has 2 aromatic heterocycles. The fourth-order valence-electron chi connectivity index (χ4n) is 3.12. The number of ether oxygens (including phenoxy) is 4. The van der Waals surface area contributed by atoms with Gasteiger partial charge in [-0.25, -0.2) is 19.2 Å². The second-order valence-electron chi connectivity index (χ2n) is 11.0. The van der Waals surface area contributed by atoms with Gasteiger partial charge >= 0.3 is 24.1 Å². The molecule has 0 aliphatic carbocycles. The van der Waals surface area contributed by atoms with Gasteiger partial charge in [0.15, 0.2) is 0 Å². The van der Waals surface area contributed by atoms with E-state index in [9.17, 15) is 19.2 Å². The number of methoxy groups -OCH3 is 2. The van der Waals surface area contributed by atoms with Crippen molar-refractivity contribution in [2.24, 2.45) is 0 Å². The number of esters is 2. The molecule has 0 aliphatic rings. The number of hydrogen-bond acceptors (Lipinski definition) is 10. The van der Waals surface area contributed by atoms with E-state index in [-0.39, 0.29) is 12.1 Å². The van der Waals surface area contributed by atoms with Gasteiger partial charge in [0, 0.05) is 38.6 Å². The first-order valence-corrected chi connectivity index (χ1v) is 13.1. The molecule has 12 nitrogen and oxygen atoms in total. The van der Waals surface area contributed by atoms with Crippen LogP contribution in [0.15, 0.2) is 54.5 Å². The van der Waals surface area contributed by atoms with Crippen LogP contribution in [-0.2, 0) is 35.0 Å². The van der Waals surface area contributed by atoms with E-state index >= 15 is 0 Å². The largest absolute Gasteiger partial charge is 0.467 e. The van der Waals surface area contributed by atoms with E-state index in [0.717, 1.165) is 4.90 Å². The lowest BCUT2D eigenvalue weighted by molar-refractivity contribution is -0.146. The van der Waals surface area contributed by atoms with E-state index < -0.39 is 41.4 Å². The van der Waals surface area contributed by atoms with Crippen molar-refractivity contribution < 1.29 is 38.1 Å². The van der Waals surface area contributed by atoms with E-state index in [0.29, 0.717) is 11.4 Å². The first-order chi connectivity index (χ1) is 19.5. The molecule has 1 unspecified atom stereocenters. The second kappa shape index (κ2) is 16.1. The van der Waals surface area contributed by atoms with E-state index in [2.05, 4.69) is 9.97 Å². The molecule has 2 amide bonds. The minimum absolute atomic E-state index is 0.0467. The third-order valence-electron chi connectivity index (χ3n) is 5.15. The maximum absolute atomic E-state index is 12.1. The van der Waals surface area contributed by atoms with Crippen LogP contribution in [0.25, 0.3) is 6.08 Å². The Morgan fingerprint density at radius 1 is 0.810 bits per heavy atom. The molecule has 0 radical (unpaired) electrons. The number of rotatable bonds is 7. The van der Waals surface area contributed by atoms with E-state index in [1.807, 2.05) is 6.07 Å². The van der Waals surface area contributed by atoms with Crippen molar-refractivity contribution in [2.45, 2.75) is 65.2 Å². The first-order valence-electron chi connectivity index (χ1n) is 13.1. The maximum Gasteiger partial charge on any atom is 0.414 e. The van der Waals surface area contributed by atoms with Crippen LogP contribution in [0, 0.1) is 0 Å². The number of hydrogen-bond donors (Lipinski definition) is 0. The molecule has 230 valence electrons. The summed E-state index contributed by atoms with van der Waals surface area (Å²) in [4.78, 5) is 58.5. The summed E-state index contributed by atoms with van der Waals surface area (Å²) in [5.41, 5.74) is -0.00346. The minimum atomic E-state index is -0.778. The Balaban J connectivity index is 0.000000420. The van der Waals surface area contributed by atoms with E-state index in [4.69, 9.17) is 18.9 Å². The molecule has 0 spiro atoms.